The average Bonchev–Trinajstić information content (AvgIpc) is 3.83. The summed E-state index contributed by atoms with van der Waals surface area (Å²) in [6, 6.07) is -18.1. The Kier molecular flexibility index (Phi) is 2.23. The van der Waals surface area contributed by atoms with Crippen molar-refractivity contribution in [2.45, 2.75) is 6.92 Å². The van der Waals surface area contributed by atoms with E-state index in [2.05, 4.69) is 9.97 Å². The van der Waals surface area contributed by atoms with Crippen LogP contribution in [0.4, 0.5) is 0 Å². The molecule has 0 bridgehead atoms. The number of fused-ring (bicyclic) bond motifs is 8. The fourth-order valence-electron chi connectivity index (χ4n) is 5.23. The summed E-state index contributed by atoms with van der Waals surface area (Å²) < 4.78 is 206. The van der Waals surface area contributed by atoms with Crippen molar-refractivity contribution in [3.63, 3.8) is 0 Å². The van der Waals surface area contributed by atoms with Gasteiger partial charge in [-0.25, -0.2) is 9.97 Å². The topological polar surface area (TPSA) is 35.6 Å². The Morgan fingerprint density at radius 2 is 1.05 bits per heavy atom. The first kappa shape index (κ1) is 10.5. The second kappa shape index (κ2) is 9.13. The molecular formula is C39H26N4. The largest absolute Gasteiger partial charge is 0.309 e. The van der Waals surface area contributed by atoms with E-state index >= 15 is 0 Å². The summed E-state index contributed by atoms with van der Waals surface area (Å²) >= 11 is 0. The SMILES string of the molecule is [2H]c1c([2H])c([2H])c(-n2c3c([2H])c([2H])c([2H])c([2H])c3c3c4c5c([2H])c([2H])c([2H])c([2H])c5n(-c5nc(-c6c([2H])c([2H])c(C)c([2H])c6[2H])c6c([2H])c([2H])c([2H])c([2H])c6n5)c4c([2H])c([2H])c32)c([2H])c1[2H]. The van der Waals surface area contributed by atoms with Crippen LogP contribution in [0.15, 0.2) is 139 Å². The quantitative estimate of drug-likeness (QED) is 0.211. The molecule has 6 aromatic carbocycles. The number of rotatable bonds is 3. The molecule has 9 rings (SSSR count). The summed E-state index contributed by atoms with van der Waals surface area (Å²) in [6.45, 7) is 1.33. The molecule has 0 aliphatic carbocycles. The molecule has 202 valence electrons. The third kappa shape index (κ3) is 3.50. The predicted molar refractivity (Wildman–Crippen MR) is 178 cm³/mol. The summed E-state index contributed by atoms with van der Waals surface area (Å²) in [5, 5.41) is -2.17. The van der Waals surface area contributed by atoms with Crippen LogP contribution in [0.3, 0.4) is 0 Å². The highest BCUT2D eigenvalue weighted by Crippen LogP contribution is 2.42. The van der Waals surface area contributed by atoms with Crippen molar-refractivity contribution < 1.29 is 31.5 Å². The minimum absolute atomic E-state index is 0.0702. The standard InChI is InChI=1S/C39H26N4/c1-25-19-21-26(22-20-25)38-28-13-5-8-16-31(28)40-39(41-38)43-33-18-10-7-15-30(33)37-35(43)24-23-34-36(37)29-14-6-9-17-32(29)42(34)27-11-3-2-4-12-27/h2-24H,1H3/i2D,3D,4D,5D,6D,7D,8D,9D,10D,11D,12D,13D,14D,15D,16D,17D,18D,19D,20D,21D,22D,23D,24D. The van der Waals surface area contributed by atoms with Crippen LogP contribution >= 0.6 is 0 Å². The molecule has 0 saturated heterocycles. The molecule has 43 heavy (non-hydrogen) atoms. The lowest BCUT2D eigenvalue weighted by atomic mass is 10.1. The number of para-hydroxylation sites is 4. The lowest BCUT2D eigenvalue weighted by Crippen LogP contribution is -2.03. The summed E-state index contributed by atoms with van der Waals surface area (Å²) in [6.07, 6.45) is 0. The Bertz CT molecular complexity index is 3760. The molecule has 0 spiro atoms. The van der Waals surface area contributed by atoms with E-state index in [9.17, 15) is 6.85 Å². The number of aromatic nitrogens is 4. The molecule has 0 amide bonds. The third-order valence-electron chi connectivity index (χ3n) is 6.98. The van der Waals surface area contributed by atoms with Crippen molar-refractivity contribution in [1.29, 1.82) is 0 Å². The van der Waals surface area contributed by atoms with Gasteiger partial charge in [0.05, 0.1) is 64.8 Å². The van der Waals surface area contributed by atoms with Gasteiger partial charge in [-0.3, -0.25) is 4.57 Å². The number of nitrogens with zero attached hydrogens (tertiary/aromatic N) is 4. The maximum Gasteiger partial charge on any atom is 0.235 e. The van der Waals surface area contributed by atoms with Gasteiger partial charge in [-0.05, 0) is 49.2 Å². The van der Waals surface area contributed by atoms with Crippen LogP contribution in [0.5, 0.6) is 0 Å². The third-order valence-corrected chi connectivity index (χ3v) is 6.98. The zero-order chi connectivity index (χ0) is 48.5. The minimum atomic E-state index is -0.866. The average molecular weight is 574 g/mol. The highest BCUT2D eigenvalue weighted by atomic mass is 15.2. The van der Waals surface area contributed by atoms with E-state index in [0.29, 0.717) is 0 Å². The molecular weight excluding hydrogens is 524 g/mol. The maximum absolute atomic E-state index is 9.67. The first-order chi connectivity index (χ1) is 30.8. The van der Waals surface area contributed by atoms with Crippen molar-refractivity contribution in [2.75, 3.05) is 0 Å². The van der Waals surface area contributed by atoms with Gasteiger partial charge in [0.1, 0.15) is 0 Å². The number of hydrogen-bond acceptors (Lipinski definition) is 2. The van der Waals surface area contributed by atoms with Gasteiger partial charge in [0.25, 0.3) is 0 Å². The van der Waals surface area contributed by atoms with Gasteiger partial charge in [-0.1, -0.05) is 102 Å². The van der Waals surface area contributed by atoms with Crippen LogP contribution in [0.1, 0.15) is 37.1 Å². The van der Waals surface area contributed by atoms with Crippen LogP contribution in [0.25, 0.3) is 77.4 Å². The number of hydrogen-bond donors (Lipinski definition) is 0. The Balaban J connectivity index is 1.64. The molecule has 4 heteroatoms. The lowest BCUT2D eigenvalue weighted by molar-refractivity contribution is 1.01. The smallest absolute Gasteiger partial charge is 0.235 e. The Morgan fingerprint density at radius 1 is 0.488 bits per heavy atom. The molecule has 0 N–H and O–H groups in total. The van der Waals surface area contributed by atoms with Crippen molar-refractivity contribution in [1.82, 2.24) is 19.1 Å². The Hall–Kier alpha value is -5.74. The van der Waals surface area contributed by atoms with Gasteiger partial charge in [-0.15, -0.1) is 0 Å². The van der Waals surface area contributed by atoms with Gasteiger partial charge in [0, 0.05) is 38.2 Å². The first-order valence-electron chi connectivity index (χ1n) is 24.2. The highest BCUT2D eigenvalue weighted by Gasteiger charge is 2.22. The molecule has 0 atom stereocenters. The van der Waals surface area contributed by atoms with Gasteiger partial charge in [0.2, 0.25) is 5.95 Å². The van der Waals surface area contributed by atoms with Crippen molar-refractivity contribution in [3.05, 3.63) is 145 Å². The molecule has 4 nitrogen and oxygen atoms in total. The van der Waals surface area contributed by atoms with E-state index in [4.69, 9.17) is 24.7 Å². The molecule has 0 radical (unpaired) electrons. The van der Waals surface area contributed by atoms with Crippen molar-refractivity contribution in [3.8, 4) is 22.9 Å². The molecule has 0 aliphatic rings. The Morgan fingerprint density at radius 3 is 1.74 bits per heavy atom. The van der Waals surface area contributed by atoms with Crippen LogP contribution < -0.4 is 0 Å². The molecule has 9 aromatic rings. The zero-order valence-electron chi connectivity index (χ0n) is 44.8. The van der Waals surface area contributed by atoms with E-state index in [1.807, 2.05) is 0 Å². The minimum Gasteiger partial charge on any atom is -0.309 e. The lowest BCUT2D eigenvalue weighted by Gasteiger charge is -2.12. The van der Waals surface area contributed by atoms with E-state index in [-0.39, 0.29) is 5.56 Å². The van der Waals surface area contributed by atoms with E-state index in [1.165, 1.54) is 6.92 Å². The zero-order valence-corrected chi connectivity index (χ0v) is 21.8. The predicted octanol–water partition coefficient (Wildman–Crippen LogP) is 9.80. The van der Waals surface area contributed by atoms with Crippen LogP contribution in [-0.2, 0) is 0 Å². The molecule has 0 aliphatic heterocycles. The monoisotopic (exact) mass is 573 g/mol. The molecule has 3 aromatic heterocycles. The van der Waals surface area contributed by atoms with Gasteiger partial charge >= 0.3 is 0 Å². The summed E-state index contributed by atoms with van der Waals surface area (Å²) in [4.78, 5) is 9.06. The normalized spacial score (nSPS) is 19.3. The molecule has 0 fully saturated rings. The first-order valence-corrected chi connectivity index (χ1v) is 12.7. The Labute approximate surface area is 280 Å². The van der Waals surface area contributed by atoms with E-state index in [0.717, 1.165) is 9.13 Å². The maximum atomic E-state index is 9.67. The van der Waals surface area contributed by atoms with Crippen molar-refractivity contribution in [2.24, 2.45) is 0 Å². The molecule has 3 heterocycles. The van der Waals surface area contributed by atoms with E-state index < -0.39 is 216 Å². The van der Waals surface area contributed by atoms with Gasteiger partial charge in [0.15, 0.2) is 0 Å². The fraction of sp³-hybridized carbons (Fsp3) is 0.0256. The van der Waals surface area contributed by atoms with Crippen LogP contribution in [0, 0.1) is 6.92 Å². The highest BCUT2D eigenvalue weighted by molar-refractivity contribution is 6.28. The second-order valence-corrected chi connectivity index (χ2v) is 9.38. The van der Waals surface area contributed by atoms with Crippen LogP contribution in [0.2, 0.25) is 0 Å². The second-order valence-electron chi connectivity index (χ2n) is 9.38. The fourth-order valence-corrected chi connectivity index (χ4v) is 5.23. The summed E-state index contributed by atoms with van der Waals surface area (Å²) in [5.74, 6) is -0.728. The summed E-state index contributed by atoms with van der Waals surface area (Å²) in [5.41, 5.74) is -4.58. The van der Waals surface area contributed by atoms with Gasteiger partial charge < -0.3 is 4.57 Å². The van der Waals surface area contributed by atoms with Crippen molar-refractivity contribution >= 4 is 54.5 Å². The molecule has 0 unspecified atom stereocenters. The summed E-state index contributed by atoms with van der Waals surface area (Å²) in [7, 11) is 0. The van der Waals surface area contributed by atoms with Crippen LogP contribution in [-0.4, -0.2) is 19.1 Å². The number of benzene rings is 6. The molecule has 0 saturated carbocycles. The van der Waals surface area contributed by atoms with Gasteiger partial charge in [-0.2, -0.15) is 0 Å². The van der Waals surface area contributed by atoms with E-state index in [1.54, 1.807) is 0 Å².